The molecule has 3 fully saturated rings. The topological polar surface area (TPSA) is 69.7 Å². The average molecular weight is 321 g/mol. The summed E-state index contributed by atoms with van der Waals surface area (Å²) in [6, 6.07) is 0. The zero-order valence-electron chi connectivity index (χ0n) is 13.8. The van der Waals surface area contributed by atoms with Gasteiger partial charge in [-0.3, -0.25) is 14.4 Å². The van der Waals surface area contributed by atoms with Gasteiger partial charge < -0.3 is 15.1 Å². The number of amides is 3. The maximum atomic E-state index is 12.6. The number of carbonyl (C=O) groups is 3. The minimum atomic E-state index is -0.0651. The molecule has 0 aromatic rings. The van der Waals surface area contributed by atoms with Gasteiger partial charge in [-0.2, -0.15) is 0 Å². The maximum Gasteiger partial charge on any atom is 0.239 e. The molecule has 3 aliphatic rings. The van der Waals surface area contributed by atoms with Crippen molar-refractivity contribution in [1.29, 1.82) is 0 Å². The summed E-state index contributed by atoms with van der Waals surface area (Å²) in [4.78, 5) is 40.3. The molecule has 3 amide bonds. The van der Waals surface area contributed by atoms with Crippen LogP contribution >= 0.6 is 0 Å². The Morgan fingerprint density at radius 3 is 2.13 bits per heavy atom. The van der Waals surface area contributed by atoms with Crippen LogP contribution in [0.15, 0.2) is 0 Å². The van der Waals surface area contributed by atoms with Gasteiger partial charge in [-0.25, -0.2) is 0 Å². The number of rotatable bonds is 2. The smallest absolute Gasteiger partial charge is 0.239 e. The third kappa shape index (κ3) is 3.85. The van der Waals surface area contributed by atoms with Crippen LogP contribution < -0.4 is 5.32 Å². The molecule has 2 aliphatic heterocycles. The summed E-state index contributed by atoms with van der Waals surface area (Å²) in [5, 5.41) is 2.80. The monoisotopic (exact) mass is 321 g/mol. The van der Waals surface area contributed by atoms with Crippen LogP contribution in [-0.4, -0.2) is 60.2 Å². The number of piperidine rings is 1. The van der Waals surface area contributed by atoms with Gasteiger partial charge in [0, 0.05) is 38.0 Å². The highest BCUT2D eigenvalue weighted by Crippen LogP contribution is 2.29. The predicted molar refractivity (Wildman–Crippen MR) is 85.5 cm³/mol. The molecular formula is C17H27N3O3. The molecule has 0 aromatic carbocycles. The average Bonchev–Trinajstić information content (AvgIpc) is 3.02. The summed E-state index contributed by atoms with van der Waals surface area (Å²) < 4.78 is 0. The van der Waals surface area contributed by atoms with E-state index in [1.807, 2.05) is 4.90 Å². The van der Waals surface area contributed by atoms with Gasteiger partial charge in [0.15, 0.2) is 0 Å². The lowest BCUT2D eigenvalue weighted by Gasteiger charge is -2.35. The van der Waals surface area contributed by atoms with Crippen molar-refractivity contribution >= 4 is 17.7 Å². The molecule has 0 bridgehead atoms. The second-order valence-electron chi connectivity index (χ2n) is 7.04. The highest BCUT2D eigenvalue weighted by molar-refractivity contribution is 5.86. The Balaban J connectivity index is 1.50. The van der Waals surface area contributed by atoms with Crippen LogP contribution in [0.3, 0.4) is 0 Å². The summed E-state index contributed by atoms with van der Waals surface area (Å²) in [7, 11) is 0. The third-order valence-corrected chi connectivity index (χ3v) is 5.43. The molecule has 6 heteroatoms. The van der Waals surface area contributed by atoms with E-state index in [4.69, 9.17) is 0 Å². The molecule has 0 unspecified atom stereocenters. The van der Waals surface area contributed by atoms with E-state index in [0.29, 0.717) is 32.1 Å². The van der Waals surface area contributed by atoms with E-state index < -0.39 is 0 Å². The molecule has 2 heterocycles. The number of carbonyl (C=O) groups excluding carboxylic acids is 3. The lowest BCUT2D eigenvalue weighted by atomic mass is 9.94. The number of nitrogens with zero attached hydrogens (tertiary/aromatic N) is 2. The highest BCUT2D eigenvalue weighted by Gasteiger charge is 2.34. The lowest BCUT2D eigenvalue weighted by molar-refractivity contribution is -0.143. The largest absolute Gasteiger partial charge is 0.354 e. The van der Waals surface area contributed by atoms with Crippen molar-refractivity contribution in [3.8, 4) is 0 Å². The number of hydrogen-bond donors (Lipinski definition) is 1. The molecule has 0 aromatic heterocycles. The van der Waals surface area contributed by atoms with E-state index in [0.717, 1.165) is 32.1 Å². The number of likely N-dealkylation sites (tertiary alicyclic amines) is 1. The zero-order chi connectivity index (χ0) is 16.2. The Bertz CT molecular complexity index is 466. The predicted octanol–water partition coefficient (Wildman–Crippen LogP) is 0.764. The Morgan fingerprint density at radius 2 is 1.43 bits per heavy atom. The van der Waals surface area contributed by atoms with Crippen molar-refractivity contribution in [1.82, 2.24) is 15.1 Å². The molecule has 0 atom stereocenters. The summed E-state index contributed by atoms with van der Waals surface area (Å²) in [6.45, 7) is 2.85. The summed E-state index contributed by atoms with van der Waals surface area (Å²) in [5.41, 5.74) is 0. The van der Waals surface area contributed by atoms with E-state index in [2.05, 4.69) is 5.32 Å². The van der Waals surface area contributed by atoms with Gasteiger partial charge in [-0.05, 0) is 32.1 Å². The molecule has 128 valence electrons. The van der Waals surface area contributed by atoms with Gasteiger partial charge in [-0.15, -0.1) is 0 Å². The summed E-state index contributed by atoms with van der Waals surface area (Å²) in [5.74, 6) is 0.507. The maximum absolute atomic E-state index is 12.6. The van der Waals surface area contributed by atoms with Crippen LogP contribution in [0.2, 0.25) is 0 Å². The van der Waals surface area contributed by atoms with Crippen LogP contribution in [0.1, 0.15) is 44.9 Å². The van der Waals surface area contributed by atoms with Gasteiger partial charge in [0.1, 0.15) is 0 Å². The van der Waals surface area contributed by atoms with E-state index in [1.165, 1.54) is 12.8 Å². The minimum Gasteiger partial charge on any atom is -0.354 e. The number of nitrogens with one attached hydrogen (secondary N) is 1. The standard InChI is InChI=1S/C17H27N3O3/c21-15-12-20(9-3-8-18-15)17(23)14-6-10-19(11-7-14)16(22)13-4-1-2-5-13/h13-14H,1-12H2,(H,18,21). The van der Waals surface area contributed by atoms with Crippen molar-refractivity contribution in [2.75, 3.05) is 32.7 Å². The Labute approximate surface area is 137 Å². The lowest BCUT2D eigenvalue weighted by Crippen LogP contribution is -2.47. The van der Waals surface area contributed by atoms with Crippen molar-refractivity contribution < 1.29 is 14.4 Å². The molecule has 1 saturated carbocycles. The SMILES string of the molecule is O=C1CN(C(=O)C2CCN(C(=O)C3CCCC3)CC2)CCCN1. The van der Waals surface area contributed by atoms with Crippen LogP contribution in [-0.2, 0) is 14.4 Å². The van der Waals surface area contributed by atoms with E-state index in [-0.39, 0.29) is 30.2 Å². The van der Waals surface area contributed by atoms with Gasteiger partial charge in [0.25, 0.3) is 0 Å². The first-order valence-electron chi connectivity index (χ1n) is 8.99. The molecule has 0 spiro atoms. The normalized spacial score (nSPS) is 24.4. The Kier molecular flexibility index (Phi) is 5.18. The Morgan fingerprint density at radius 1 is 0.826 bits per heavy atom. The van der Waals surface area contributed by atoms with E-state index >= 15 is 0 Å². The molecule has 1 aliphatic carbocycles. The first kappa shape index (κ1) is 16.3. The minimum absolute atomic E-state index is 0.0338. The van der Waals surface area contributed by atoms with Crippen molar-refractivity contribution in [3.63, 3.8) is 0 Å². The van der Waals surface area contributed by atoms with Gasteiger partial charge >= 0.3 is 0 Å². The van der Waals surface area contributed by atoms with E-state index in [1.54, 1.807) is 4.90 Å². The van der Waals surface area contributed by atoms with Gasteiger partial charge in [0.05, 0.1) is 6.54 Å². The fraction of sp³-hybridized carbons (Fsp3) is 0.824. The molecule has 2 saturated heterocycles. The molecule has 23 heavy (non-hydrogen) atoms. The van der Waals surface area contributed by atoms with Crippen molar-refractivity contribution in [2.24, 2.45) is 11.8 Å². The molecular weight excluding hydrogens is 294 g/mol. The zero-order valence-corrected chi connectivity index (χ0v) is 13.8. The molecule has 3 rings (SSSR count). The van der Waals surface area contributed by atoms with Crippen LogP contribution in [0.4, 0.5) is 0 Å². The first-order valence-corrected chi connectivity index (χ1v) is 8.99. The first-order chi connectivity index (χ1) is 11.1. The molecule has 6 nitrogen and oxygen atoms in total. The third-order valence-electron chi connectivity index (χ3n) is 5.43. The summed E-state index contributed by atoms with van der Waals surface area (Å²) >= 11 is 0. The fourth-order valence-corrected chi connectivity index (χ4v) is 4.03. The van der Waals surface area contributed by atoms with E-state index in [9.17, 15) is 14.4 Å². The number of hydrogen-bond acceptors (Lipinski definition) is 3. The van der Waals surface area contributed by atoms with Crippen molar-refractivity contribution in [2.45, 2.75) is 44.9 Å². The van der Waals surface area contributed by atoms with Gasteiger partial charge in [-0.1, -0.05) is 12.8 Å². The Hall–Kier alpha value is -1.59. The molecule has 1 N–H and O–H groups in total. The summed E-state index contributed by atoms with van der Waals surface area (Å²) in [6.07, 6.45) is 6.67. The van der Waals surface area contributed by atoms with Gasteiger partial charge in [0.2, 0.25) is 17.7 Å². The van der Waals surface area contributed by atoms with Crippen LogP contribution in [0, 0.1) is 11.8 Å². The molecule has 0 radical (unpaired) electrons. The second kappa shape index (κ2) is 7.32. The van der Waals surface area contributed by atoms with Crippen LogP contribution in [0.25, 0.3) is 0 Å². The fourth-order valence-electron chi connectivity index (χ4n) is 4.03. The second-order valence-corrected chi connectivity index (χ2v) is 7.04. The quantitative estimate of drug-likeness (QED) is 0.816. The van der Waals surface area contributed by atoms with Crippen molar-refractivity contribution in [3.05, 3.63) is 0 Å². The highest BCUT2D eigenvalue weighted by atomic mass is 16.2. The van der Waals surface area contributed by atoms with Crippen LogP contribution in [0.5, 0.6) is 0 Å².